The van der Waals surface area contributed by atoms with Crippen LogP contribution in [0.1, 0.15) is 25.0 Å². The molecule has 0 aromatic heterocycles. The van der Waals surface area contributed by atoms with Crippen molar-refractivity contribution >= 4 is 0 Å². The highest BCUT2D eigenvalue weighted by Crippen LogP contribution is 2.23. The van der Waals surface area contributed by atoms with Gasteiger partial charge in [-0.15, -0.1) is 0 Å². The van der Waals surface area contributed by atoms with Gasteiger partial charge in [-0.2, -0.15) is 0 Å². The Balaban J connectivity index is 2.22. The number of benzene rings is 1. The summed E-state index contributed by atoms with van der Waals surface area (Å²) in [5.41, 5.74) is 3.01. The fourth-order valence-corrected chi connectivity index (χ4v) is 1.72. The van der Waals surface area contributed by atoms with E-state index < -0.39 is 0 Å². The molecule has 0 atom stereocenters. The molecule has 1 aliphatic rings. The van der Waals surface area contributed by atoms with Gasteiger partial charge in [-0.05, 0) is 25.0 Å². The van der Waals surface area contributed by atoms with Gasteiger partial charge in [-0.25, -0.2) is 0 Å². The van der Waals surface area contributed by atoms with Crippen LogP contribution in [0.5, 0.6) is 0 Å². The molecule has 0 unspecified atom stereocenters. The Morgan fingerprint density at radius 3 is 2.00 bits per heavy atom. The van der Waals surface area contributed by atoms with Crippen LogP contribution >= 0.6 is 0 Å². The minimum atomic E-state index is 0.664. The topological polar surface area (TPSA) is 3.24 Å². The lowest BCUT2D eigenvalue weighted by molar-refractivity contribution is 0.227. The Morgan fingerprint density at radius 2 is 1.58 bits per heavy atom. The lowest BCUT2D eigenvalue weighted by Crippen LogP contribution is -2.24. The molecule has 0 aliphatic carbocycles. The van der Waals surface area contributed by atoms with Crippen LogP contribution in [0.4, 0.5) is 0 Å². The molecule has 1 aromatic carbocycles. The summed E-state index contributed by atoms with van der Waals surface area (Å²) in [5, 5.41) is 0. The summed E-state index contributed by atoms with van der Waals surface area (Å²) in [7, 11) is 0. The molecule has 0 saturated heterocycles. The number of rotatable bonds is 1. The maximum atomic E-state index is 2.49. The van der Waals surface area contributed by atoms with Crippen molar-refractivity contribution in [2.45, 2.75) is 33.0 Å². The summed E-state index contributed by atoms with van der Waals surface area (Å²) in [6.45, 7) is 6.78. The minimum Gasteiger partial charge on any atom is -0.292 e. The summed E-state index contributed by atoms with van der Waals surface area (Å²) in [4.78, 5) is 2.49. The van der Waals surface area contributed by atoms with Gasteiger partial charge in [-0.3, -0.25) is 4.90 Å². The molecule has 1 heterocycles. The Bertz CT molecular complexity index is 253. The van der Waals surface area contributed by atoms with Crippen LogP contribution < -0.4 is 0 Å². The molecule has 0 spiro atoms. The van der Waals surface area contributed by atoms with Crippen LogP contribution in [-0.2, 0) is 13.1 Å². The van der Waals surface area contributed by atoms with E-state index in [2.05, 4.69) is 43.0 Å². The highest BCUT2D eigenvalue weighted by atomic mass is 15.2. The summed E-state index contributed by atoms with van der Waals surface area (Å²) in [6.07, 6.45) is 0. The SMILES string of the molecule is CC(C)N1Cc2ccccc2C1. The van der Waals surface area contributed by atoms with Gasteiger partial charge in [0.1, 0.15) is 0 Å². The molecule has 1 aromatic rings. The van der Waals surface area contributed by atoms with E-state index in [4.69, 9.17) is 0 Å². The minimum absolute atomic E-state index is 0.664. The molecule has 0 N–H and O–H groups in total. The molecule has 0 fully saturated rings. The summed E-state index contributed by atoms with van der Waals surface area (Å²) >= 11 is 0. The Hall–Kier alpha value is -0.820. The Labute approximate surface area is 74.0 Å². The fraction of sp³-hybridized carbons (Fsp3) is 0.455. The first-order valence-corrected chi connectivity index (χ1v) is 4.58. The Morgan fingerprint density at radius 1 is 1.08 bits per heavy atom. The molecule has 12 heavy (non-hydrogen) atoms. The summed E-state index contributed by atoms with van der Waals surface area (Å²) < 4.78 is 0. The van der Waals surface area contributed by atoms with Crippen LogP contribution in [0, 0.1) is 0 Å². The van der Waals surface area contributed by atoms with Crippen molar-refractivity contribution in [1.82, 2.24) is 4.90 Å². The lowest BCUT2D eigenvalue weighted by atomic mass is 10.1. The van der Waals surface area contributed by atoms with Crippen molar-refractivity contribution in [3.63, 3.8) is 0 Å². The number of hydrogen-bond acceptors (Lipinski definition) is 1. The monoisotopic (exact) mass is 161 g/mol. The molecule has 0 radical (unpaired) electrons. The van der Waals surface area contributed by atoms with Crippen molar-refractivity contribution in [2.24, 2.45) is 0 Å². The predicted octanol–water partition coefficient (Wildman–Crippen LogP) is 2.41. The molecule has 1 aliphatic heterocycles. The fourth-order valence-electron chi connectivity index (χ4n) is 1.72. The third-order valence-corrected chi connectivity index (χ3v) is 2.60. The van der Waals surface area contributed by atoms with Gasteiger partial charge in [0.05, 0.1) is 0 Å². The van der Waals surface area contributed by atoms with E-state index in [1.165, 1.54) is 11.1 Å². The van der Waals surface area contributed by atoms with E-state index in [0.29, 0.717) is 6.04 Å². The number of nitrogens with zero attached hydrogens (tertiary/aromatic N) is 1. The summed E-state index contributed by atoms with van der Waals surface area (Å²) in [5.74, 6) is 0. The molecule has 0 saturated carbocycles. The normalized spacial score (nSPS) is 16.9. The van der Waals surface area contributed by atoms with Gasteiger partial charge in [0.15, 0.2) is 0 Å². The zero-order valence-electron chi connectivity index (χ0n) is 7.75. The van der Waals surface area contributed by atoms with E-state index in [1.807, 2.05) is 0 Å². The van der Waals surface area contributed by atoms with Gasteiger partial charge in [0.25, 0.3) is 0 Å². The van der Waals surface area contributed by atoms with Crippen LogP contribution in [0.15, 0.2) is 24.3 Å². The van der Waals surface area contributed by atoms with Crippen LogP contribution in [0.25, 0.3) is 0 Å². The molecule has 2 rings (SSSR count). The van der Waals surface area contributed by atoms with E-state index in [9.17, 15) is 0 Å². The molecular weight excluding hydrogens is 146 g/mol. The van der Waals surface area contributed by atoms with Gasteiger partial charge < -0.3 is 0 Å². The second kappa shape index (κ2) is 2.91. The summed E-state index contributed by atoms with van der Waals surface area (Å²) in [6, 6.07) is 9.39. The van der Waals surface area contributed by atoms with E-state index in [1.54, 1.807) is 0 Å². The smallest absolute Gasteiger partial charge is 0.0243 e. The van der Waals surface area contributed by atoms with Crippen molar-refractivity contribution < 1.29 is 0 Å². The average molecular weight is 161 g/mol. The van der Waals surface area contributed by atoms with Crippen molar-refractivity contribution in [2.75, 3.05) is 0 Å². The Kier molecular flexibility index (Phi) is 1.89. The number of fused-ring (bicyclic) bond motifs is 1. The van der Waals surface area contributed by atoms with Crippen molar-refractivity contribution in [1.29, 1.82) is 0 Å². The highest BCUT2D eigenvalue weighted by Gasteiger charge is 2.19. The average Bonchev–Trinajstić information content (AvgIpc) is 2.46. The maximum absolute atomic E-state index is 2.49. The first-order valence-electron chi connectivity index (χ1n) is 4.58. The zero-order chi connectivity index (χ0) is 8.55. The van der Waals surface area contributed by atoms with Gasteiger partial charge in [0.2, 0.25) is 0 Å². The molecule has 64 valence electrons. The molecule has 1 nitrogen and oxygen atoms in total. The standard InChI is InChI=1S/C11H15N/c1-9(2)12-7-10-5-3-4-6-11(10)8-12/h3-6,9H,7-8H2,1-2H3. The van der Waals surface area contributed by atoms with Crippen molar-refractivity contribution in [3.8, 4) is 0 Å². The molecule has 0 bridgehead atoms. The van der Waals surface area contributed by atoms with E-state index in [0.717, 1.165) is 13.1 Å². The maximum Gasteiger partial charge on any atom is 0.0243 e. The van der Waals surface area contributed by atoms with Gasteiger partial charge >= 0.3 is 0 Å². The number of hydrogen-bond donors (Lipinski definition) is 0. The third-order valence-electron chi connectivity index (χ3n) is 2.60. The molecule has 1 heteroatoms. The van der Waals surface area contributed by atoms with E-state index in [-0.39, 0.29) is 0 Å². The predicted molar refractivity (Wildman–Crippen MR) is 50.8 cm³/mol. The zero-order valence-corrected chi connectivity index (χ0v) is 7.75. The second-order valence-electron chi connectivity index (χ2n) is 3.77. The van der Waals surface area contributed by atoms with Crippen molar-refractivity contribution in [3.05, 3.63) is 35.4 Å². The van der Waals surface area contributed by atoms with Gasteiger partial charge in [0, 0.05) is 19.1 Å². The second-order valence-corrected chi connectivity index (χ2v) is 3.77. The third kappa shape index (κ3) is 1.25. The van der Waals surface area contributed by atoms with Gasteiger partial charge in [-0.1, -0.05) is 24.3 Å². The quantitative estimate of drug-likeness (QED) is 0.611. The molecular formula is C11H15N. The van der Waals surface area contributed by atoms with Crippen LogP contribution in [0.2, 0.25) is 0 Å². The largest absolute Gasteiger partial charge is 0.292 e. The first-order chi connectivity index (χ1) is 5.77. The van der Waals surface area contributed by atoms with E-state index >= 15 is 0 Å². The van der Waals surface area contributed by atoms with Crippen LogP contribution in [-0.4, -0.2) is 10.9 Å². The highest BCUT2D eigenvalue weighted by molar-refractivity contribution is 5.30. The molecule has 0 amide bonds. The lowest BCUT2D eigenvalue weighted by Gasteiger charge is -2.18. The first kappa shape index (κ1) is 7.81. The van der Waals surface area contributed by atoms with Crippen LogP contribution in [0.3, 0.4) is 0 Å².